The summed E-state index contributed by atoms with van der Waals surface area (Å²) in [6, 6.07) is 17.4. The van der Waals surface area contributed by atoms with E-state index in [9.17, 15) is 4.79 Å². The van der Waals surface area contributed by atoms with Crippen LogP contribution in [0.1, 0.15) is 28.8 Å². The molecular weight excluding hydrogens is 360 g/mol. The lowest BCUT2D eigenvalue weighted by molar-refractivity contribution is 0.102. The molecule has 1 atom stereocenters. The van der Waals surface area contributed by atoms with Crippen LogP contribution in [0.3, 0.4) is 0 Å². The van der Waals surface area contributed by atoms with Crippen molar-refractivity contribution in [2.45, 2.75) is 26.3 Å². The maximum atomic E-state index is 12.7. The lowest BCUT2D eigenvalue weighted by Gasteiger charge is -2.24. The van der Waals surface area contributed by atoms with Crippen LogP contribution in [0.5, 0.6) is 0 Å². The summed E-state index contributed by atoms with van der Waals surface area (Å²) in [5, 5.41) is 3.31. The number of hydrogen-bond acceptors (Lipinski definition) is 4. The van der Waals surface area contributed by atoms with Crippen LogP contribution in [0.15, 0.2) is 54.6 Å². The Morgan fingerprint density at radius 2 is 1.89 bits per heavy atom. The van der Waals surface area contributed by atoms with Crippen molar-refractivity contribution in [1.82, 2.24) is 9.97 Å². The first-order valence-electron chi connectivity index (χ1n) is 8.81. The summed E-state index contributed by atoms with van der Waals surface area (Å²) < 4.78 is 0. The smallest absolute Gasteiger partial charge is 0.274 e. The van der Waals surface area contributed by atoms with Gasteiger partial charge in [-0.3, -0.25) is 4.79 Å². The summed E-state index contributed by atoms with van der Waals surface area (Å²) >= 11 is 6.14. The molecule has 4 rings (SSSR count). The van der Waals surface area contributed by atoms with Gasteiger partial charge in [-0.2, -0.15) is 0 Å². The fraction of sp³-hybridized carbons (Fsp3) is 0.190. The standard InChI is InChI=1S/C21H19ClN4O/c1-13-11-15-7-3-6-10-19(15)26(13)20-12-18(23-14(2)24-20)21(27)25-17-9-5-4-8-16(17)22/h3-10,12-13H,11H2,1-2H3,(H,25,27). The average Bonchev–Trinajstić information content (AvgIpc) is 2.98. The number of carbonyl (C=O) groups is 1. The molecule has 1 N–H and O–H groups in total. The normalized spacial score (nSPS) is 15.5. The molecule has 5 nitrogen and oxygen atoms in total. The fourth-order valence-electron chi connectivity index (χ4n) is 3.46. The van der Waals surface area contributed by atoms with Crippen molar-refractivity contribution in [3.05, 3.63) is 76.7 Å². The van der Waals surface area contributed by atoms with Gasteiger partial charge in [-0.25, -0.2) is 9.97 Å². The lowest BCUT2D eigenvalue weighted by atomic mass is 10.1. The van der Waals surface area contributed by atoms with Crippen LogP contribution >= 0.6 is 11.6 Å². The fourth-order valence-corrected chi connectivity index (χ4v) is 3.64. The van der Waals surface area contributed by atoms with Gasteiger partial charge in [-0.05, 0) is 44.0 Å². The molecule has 1 amide bonds. The second-order valence-corrected chi connectivity index (χ2v) is 7.05. The van der Waals surface area contributed by atoms with Gasteiger partial charge in [0.2, 0.25) is 0 Å². The molecular formula is C21H19ClN4O. The van der Waals surface area contributed by atoms with Gasteiger partial charge in [-0.15, -0.1) is 0 Å². The molecule has 0 saturated carbocycles. The van der Waals surface area contributed by atoms with Crippen LogP contribution in [0.4, 0.5) is 17.2 Å². The molecule has 0 fully saturated rings. The number of rotatable bonds is 3. The molecule has 1 aromatic heterocycles. The molecule has 6 heteroatoms. The van der Waals surface area contributed by atoms with Gasteiger partial charge in [0, 0.05) is 17.8 Å². The van der Waals surface area contributed by atoms with Crippen molar-refractivity contribution in [3.63, 3.8) is 0 Å². The number of carbonyl (C=O) groups excluding carboxylic acids is 1. The summed E-state index contributed by atoms with van der Waals surface area (Å²) in [6.45, 7) is 3.95. The first-order chi connectivity index (χ1) is 13.0. The zero-order chi connectivity index (χ0) is 19.0. The van der Waals surface area contributed by atoms with E-state index >= 15 is 0 Å². The van der Waals surface area contributed by atoms with Gasteiger partial charge in [0.25, 0.3) is 5.91 Å². The Bertz CT molecular complexity index is 1020. The van der Waals surface area contributed by atoms with Crippen LogP contribution in [0, 0.1) is 6.92 Å². The topological polar surface area (TPSA) is 58.1 Å². The maximum Gasteiger partial charge on any atom is 0.274 e. The predicted octanol–water partition coefficient (Wildman–Crippen LogP) is 4.77. The number of aryl methyl sites for hydroxylation is 1. The van der Waals surface area contributed by atoms with Gasteiger partial charge in [0.1, 0.15) is 17.3 Å². The Morgan fingerprint density at radius 3 is 2.70 bits per heavy atom. The number of aromatic nitrogens is 2. The Morgan fingerprint density at radius 1 is 1.15 bits per heavy atom. The number of nitrogens with zero attached hydrogens (tertiary/aromatic N) is 3. The van der Waals surface area contributed by atoms with E-state index in [1.165, 1.54) is 5.56 Å². The largest absolute Gasteiger partial charge is 0.323 e. The molecule has 1 aliphatic heterocycles. The highest BCUT2D eigenvalue weighted by atomic mass is 35.5. The van der Waals surface area contributed by atoms with Crippen molar-refractivity contribution in [2.24, 2.45) is 0 Å². The van der Waals surface area contributed by atoms with E-state index in [2.05, 4.69) is 39.2 Å². The van der Waals surface area contributed by atoms with Gasteiger partial charge in [0.15, 0.2) is 0 Å². The van der Waals surface area contributed by atoms with Crippen LogP contribution in [0.25, 0.3) is 0 Å². The summed E-state index contributed by atoms with van der Waals surface area (Å²) in [5.74, 6) is 0.965. The minimum Gasteiger partial charge on any atom is -0.323 e. The van der Waals surface area contributed by atoms with E-state index in [-0.39, 0.29) is 11.9 Å². The maximum absolute atomic E-state index is 12.7. The van der Waals surface area contributed by atoms with Crippen molar-refractivity contribution in [3.8, 4) is 0 Å². The van der Waals surface area contributed by atoms with Crippen molar-refractivity contribution < 1.29 is 4.79 Å². The molecule has 27 heavy (non-hydrogen) atoms. The molecule has 0 radical (unpaired) electrons. The summed E-state index contributed by atoms with van der Waals surface area (Å²) in [6.07, 6.45) is 0.945. The van der Waals surface area contributed by atoms with Crippen molar-refractivity contribution >= 4 is 34.7 Å². The number of hydrogen-bond donors (Lipinski definition) is 1. The second-order valence-electron chi connectivity index (χ2n) is 6.64. The molecule has 136 valence electrons. The first kappa shape index (κ1) is 17.5. The molecule has 1 unspecified atom stereocenters. The van der Waals surface area contributed by atoms with E-state index in [4.69, 9.17) is 11.6 Å². The minimum absolute atomic E-state index is 0.260. The highest BCUT2D eigenvalue weighted by molar-refractivity contribution is 6.33. The molecule has 1 aliphatic rings. The van der Waals surface area contributed by atoms with Gasteiger partial charge in [0.05, 0.1) is 10.7 Å². The zero-order valence-electron chi connectivity index (χ0n) is 15.1. The molecule has 0 spiro atoms. The SMILES string of the molecule is Cc1nc(C(=O)Nc2ccccc2Cl)cc(N2c3ccccc3CC2C)n1. The molecule has 3 aromatic rings. The lowest BCUT2D eigenvalue weighted by Crippen LogP contribution is -2.26. The number of fused-ring (bicyclic) bond motifs is 1. The molecule has 0 aliphatic carbocycles. The van der Waals surface area contributed by atoms with Crippen LogP contribution in [0.2, 0.25) is 5.02 Å². The zero-order valence-corrected chi connectivity index (χ0v) is 15.9. The third-order valence-electron chi connectivity index (χ3n) is 4.63. The highest BCUT2D eigenvalue weighted by Crippen LogP contribution is 2.37. The average molecular weight is 379 g/mol. The van der Waals surface area contributed by atoms with Crippen LogP contribution < -0.4 is 10.2 Å². The van der Waals surface area contributed by atoms with Gasteiger partial charge >= 0.3 is 0 Å². The second kappa shape index (κ2) is 7.00. The predicted molar refractivity (Wildman–Crippen MR) is 108 cm³/mol. The van der Waals surface area contributed by atoms with Crippen LogP contribution in [-0.2, 0) is 6.42 Å². The molecule has 0 bridgehead atoms. The first-order valence-corrected chi connectivity index (χ1v) is 9.19. The van der Waals surface area contributed by atoms with E-state index in [1.54, 1.807) is 25.1 Å². The number of halogens is 1. The summed E-state index contributed by atoms with van der Waals surface area (Å²) in [7, 11) is 0. The third kappa shape index (κ3) is 3.38. The summed E-state index contributed by atoms with van der Waals surface area (Å²) in [4.78, 5) is 23.8. The van der Waals surface area contributed by atoms with Crippen molar-refractivity contribution in [2.75, 3.05) is 10.2 Å². The number of amides is 1. The molecule has 2 aromatic carbocycles. The number of para-hydroxylation sites is 2. The molecule has 0 saturated heterocycles. The number of anilines is 3. The highest BCUT2D eigenvalue weighted by Gasteiger charge is 2.28. The Balaban J connectivity index is 1.68. The number of nitrogens with one attached hydrogen (secondary N) is 1. The Labute approximate surface area is 163 Å². The monoisotopic (exact) mass is 378 g/mol. The molecule has 2 heterocycles. The summed E-state index contributed by atoms with van der Waals surface area (Å²) in [5.41, 5.74) is 3.28. The van der Waals surface area contributed by atoms with E-state index in [0.29, 0.717) is 22.2 Å². The third-order valence-corrected chi connectivity index (χ3v) is 4.96. The van der Waals surface area contributed by atoms with E-state index in [1.807, 2.05) is 24.3 Å². The van der Waals surface area contributed by atoms with Gasteiger partial charge < -0.3 is 10.2 Å². The Hall–Kier alpha value is -2.92. The van der Waals surface area contributed by atoms with E-state index in [0.717, 1.165) is 17.9 Å². The number of benzene rings is 2. The van der Waals surface area contributed by atoms with Crippen LogP contribution in [-0.4, -0.2) is 21.9 Å². The quantitative estimate of drug-likeness (QED) is 0.713. The minimum atomic E-state index is -0.310. The van der Waals surface area contributed by atoms with Gasteiger partial charge in [-0.1, -0.05) is 41.9 Å². The van der Waals surface area contributed by atoms with E-state index < -0.39 is 0 Å². The Kier molecular flexibility index (Phi) is 4.54. The van der Waals surface area contributed by atoms with Crippen molar-refractivity contribution in [1.29, 1.82) is 0 Å².